The predicted octanol–water partition coefficient (Wildman–Crippen LogP) is 6.77. The van der Waals surface area contributed by atoms with Crippen molar-refractivity contribution in [2.24, 2.45) is 0 Å². The average Bonchev–Trinajstić information content (AvgIpc) is 3.13. The molecule has 0 aliphatic heterocycles. The lowest BCUT2D eigenvalue weighted by Gasteiger charge is -2.16. The van der Waals surface area contributed by atoms with Crippen LogP contribution in [0.2, 0.25) is 0 Å². The standard InChI is InChI=1S/C26H28N2/c1-4-22(23-12-9-19(2)10-13-23)14-11-21-15-20(3)16-24(17-21)28-18-27-25-7-5-6-8-26(25)28/h5-10,12-13,15-18,22H,4,11,14H2,1-3H3. The van der Waals surface area contributed by atoms with Crippen molar-refractivity contribution in [3.63, 3.8) is 0 Å². The summed E-state index contributed by atoms with van der Waals surface area (Å²) in [4.78, 5) is 4.55. The summed E-state index contributed by atoms with van der Waals surface area (Å²) in [5.41, 5.74) is 8.89. The molecule has 3 aromatic carbocycles. The molecule has 0 bridgehead atoms. The summed E-state index contributed by atoms with van der Waals surface area (Å²) in [5.74, 6) is 0.610. The Morgan fingerprint density at radius 2 is 1.68 bits per heavy atom. The van der Waals surface area contributed by atoms with Crippen LogP contribution in [0.4, 0.5) is 0 Å². The van der Waals surface area contributed by atoms with Gasteiger partial charge in [-0.2, -0.15) is 0 Å². The summed E-state index contributed by atoms with van der Waals surface area (Å²) in [6, 6.07) is 24.3. The summed E-state index contributed by atoms with van der Waals surface area (Å²) >= 11 is 0. The van der Waals surface area contributed by atoms with Crippen molar-refractivity contribution in [2.75, 3.05) is 0 Å². The van der Waals surface area contributed by atoms with Gasteiger partial charge in [0.1, 0.15) is 6.33 Å². The van der Waals surface area contributed by atoms with Crippen LogP contribution in [0, 0.1) is 13.8 Å². The van der Waals surface area contributed by atoms with Crippen LogP contribution in [0.3, 0.4) is 0 Å². The first-order valence-electron chi connectivity index (χ1n) is 10.2. The molecule has 0 saturated carbocycles. The fourth-order valence-electron chi connectivity index (χ4n) is 4.08. The zero-order valence-corrected chi connectivity index (χ0v) is 17.0. The topological polar surface area (TPSA) is 17.8 Å². The Labute approximate surface area is 167 Å². The monoisotopic (exact) mass is 368 g/mol. The fourth-order valence-corrected chi connectivity index (χ4v) is 4.08. The van der Waals surface area contributed by atoms with Crippen LogP contribution < -0.4 is 0 Å². The second-order valence-corrected chi connectivity index (χ2v) is 7.83. The quantitative estimate of drug-likeness (QED) is 0.367. The van der Waals surface area contributed by atoms with Gasteiger partial charge in [-0.05, 0) is 80.0 Å². The average molecular weight is 369 g/mol. The van der Waals surface area contributed by atoms with Crippen molar-refractivity contribution in [1.82, 2.24) is 9.55 Å². The highest BCUT2D eigenvalue weighted by Gasteiger charge is 2.11. The molecule has 142 valence electrons. The minimum Gasteiger partial charge on any atom is -0.299 e. The summed E-state index contributed by atoms with van der Waals surface area (Å²) in [5, 5.41) is 0. The maximum absolute atomic E-state index is 4.55. The number of para-hydroxylation sites is 2. The number of hydrogen-bond donors (Lipinski definition) is 0. The maximum atomic E-state index is 4.55. The summed E-state index contributed by atoms with van der Waals surface area (Å²) in [6.45, 7) is 6.63. The molecule has 0 aliphatic rings. The van der Waals surface area contributed by atoms with Crippen LogP contribution in [0.5, 0.6) is 0 Å². The van der Waals surface area contributed by atoms with Crippen LogP contribution in [0.1, 0.15) is 47.9 Å². The Morgan fingerprint density at radius 3 is 2.46 bits per heavy atom. The molecule has 0 N–H and O–H groups in total. The van der Waals surface area contributed by atoms with Crippen LogP contribution in [-0.2, 0) is 6.42 Å². The largest absolute Gasteiger partial charge is 0.299 e. The molecule has 4 rings (SSSR count). The van der Waals surface area contributed by atoms with E-state index in [1.54, 1.807) is 0 Å². The third-order valence-electron chi connectivity index (χ3n) is 5.68. The molecule has 0 radical (unpaired) electrons. The highest BCUT2D eigenvalue weighted by molar-refractivity contribution is 5.77. The normalized spacial score (nSPS) is 12.4. The van der Waals surface area contributed by atoms with Gasteiger partial charge < -0.3 is 0 Å². The van der Waals surface area contributed by atoms with E-state index in [4.69, 9.17) is 0 Å². The summed E-state index contributed by atoms with van der Waals surface area (Å²) < 4.78 is 2.20. The number of aromatic nitrogens is 2. The number of benzene rings is 3. The van der Waals surface area contributed by atoms with Crippen LogP contribution in [0.25, 0.3) is 16.7 Å². The lowest BCUT2D eigenvalue weighted by molar-refractivity contribution is 0.605. The third kappa shape index (κ3) is 3.87. The van der Waals surface area contributed by atoms with Crippen molar-refractivity contribution < 1.29 is 0 Å². The molecular formula is C26H28N2. The Hall–Kier alpha value is -2.87. The van der Waals surface area contributed by atoms with E-state index in [1.165, 1.54) is 40.8 Å². The van der Waals surface area contributed by atoms with E-state index in [-0.39, 0.29) is 0 Å². The molecule has 4 aromatic rings. The zero-order chi connectivity index (χ0) is 19.5. The van der Waals surface area contributed by atoms with Gasteiger partial charge in [0.15, 0.2) is 0 Å². The van der Waals surface area contributed by atoms with Gasteiger partial charge in [0, 0.05) is 5.69 Å². The van der Waals surface area contributed by atoms with Gasteiger partial charge in [-0.15, -0.1) is 0 Å². The highest BCUT2D eigenvalue weighted by atomic mass is 15.0. The van der Waals surface area contributed by atoms with Gasteiger partial charge in [0.2, 0.25) is 0 Å². The number of imidazole rings is 1. The van der Waals surface area contributed by atoms with Crippen LogP contribution >= 0.6 is 0 Å². The minimum absolute atomic E-state index is 0.610. The second kappa shape index (κ2) is 8.02. The molecule has 1 unspecified atom stereocenters. The van der Waals surface area contributed by atoms with Gasteiger partial charge in [-0.3, -0.25) is 4.57 Å². The zero-order valence-electron chi connectivity index (χ0n) is 17.0. The molecule has 1 aromatic heterocycles. The first kappa shape index (κ1) is 18.5. The summed E-state index contributed by atoms with van der Waals surface area (Å²) in [7, 11) is 0. The lowest BCUT2D eigenvalue weighted by Crippen LogP contribution is -2.01. The van der Waals surface area contributed by atoms with Crippen molar-refractivity contribution in [1.29, 1.82) is 0 Å². The van der Waals surface area contributed by atoms with Gasteiger partial charge in [0.25, 0.3) is 0 Å². The van der Waals surface area contributed by atoms with Gasteiger partial charge in [-0.1, -0.05) is 55.0 Å². The molecule has 0 spiro atoms. The Balaban J connectivity index is 1.58. The lowest BCUT2D eigenvalue weighted by atomic mass is 9.89. The number of rotatable bonds is 6. The van der Waals surface area contributed by atoms with E-state index >= 15 is 0 Å². The smallest absolute Gasteiger partial charge is 0.100 e. The first-order chi connectivity index (χ1) is 13.6. The number of hydrogen-bond acceptors (Lipinski definition) is 1. The third-order valence-corrected chi connectivity index (χ3v) is 5.68. The van der Waals surface area contributed by atoms with Crippen LogP contribution in [0.15, 0.2) is 73.1 Å². The molecule has 0 aliphatic carbocycles. The maximum Gasteiger partial charge on any atom is 0.100 e. The predicted molar refractivity (Wildman–Crippen MR) is 118 cm³/mol. The van der Waals surface area contributed by atoms with E-state index < -0.39 is 0 Å². The summed E-state index contributed by atoms with van der Waals surface area (Å²) in [6.07, 6.45) is 5.37. The van der Waals surface area contributed by atoms with Crippen molar-refractivity contribution in [3.8, 4) is 5.69 Å². The Bertz CT molecular complexity index is 1070. The molecule has 28 heavy (non-hydrogen) atoms. The molecule has 1 heterocycles. The number of fused-ring (bicyclic) bond motifs is 1. The SMILES string of the molecule is CCC(CCc1cc(C)cc(-n2cnc3ccccc32)c1)c1ccc(C)cc1. The van der Waals surface area contributed by atoms with Gasteiger partial charge in [-0.25, -0.2) is 4.98 Å². The Morgan fingerprint density at radius 1 is 0.893 bits per heavy atom. The molecule has 0 amide bonds. The van der Waals surface area contributed by atoms with E-state index in [2.05, 4.69) is 91.0 Å². The molecule has 1 atom stereocenters. The first-order valence-corrected chi connectivity index (χ1v) is 10.2. The number of nitrogens with zero attached hydrogens (tertiary/aromatic N) is 2. The highest BCUT2D eigenvalue weighted by Crippen LogP contribution is 2.27. The van der Waals surface area contributed by atoms with E-state index in [0.29, 0.717) is 5.92 Å². The van der Waals surface area contributed by atoms with E-state index in [1.807, 2.05) is 12.4 Å². The fraction of sp³-hybridized carbons (Fsp3) is 0.269. The second-order valence-electron chi connectivity index (χ2n) is 7.83. The number of aryl methyl sites for hydroxylation is 3. The van der Waals surface area contributed by atoms with E-state index in [0.717, 1.165) is 17.5 Å². The molecule has 2 heteroatoms. The van der Waals surface area contributed by atoms with Crippen LogP contribution in [-0.4, -0.2) is 9.55 Å². The molecular weight excluding hydrogens is 340 g/mol. The minimum atomic E-state index is 0.610. The van der Waals surface area contributed by atoms with Crippen molar-refractivity contribution in [3.05, 3.63) is 95.3 Å². The van der Waals surface area contributed by atoms with E-state index in [9.17, 15) is 0 Å². The van der Waals surface area contributed by atoms with Gasteiger partial charge >= 0.3 is 0 Å². The Kier molecular flexibility index (Phi) is 5.29. The van der Waals surface area contributed by atoms with Crippen molar-refractivity contribution in [2.45, 2.75) is 46.0 Å². The van der Waals surface area contributed by atoms with Gasteiger partial charge in [0.05, 0.1) is 11.0 Å². The molecule has 2 nitrogen and oxygen atoms in total. The van der Waals surface area contributed by atoms with Crippen molar-refractivity contribution >= 4 is 11.0 Å². The molecule has 0 fully saturated rings. The molecule has 0 saturated heterocycles.